The van der Waals surface area contributed by atoms with Crippen LogP contribution in [0.2, 0.25) is 0 Å². The Bertz CT molecular complexity index is 762. The molecular formula is C22H26N2O2. The lowest BCUT2D eigenvalue weighted by atomic mass is 9.90. The second-order valence-electron chi connectivity index (χ2n) is 7.25. The number of nitrogens with one attached hydrogen (secondary N) is 1. The smallest absolute Gasteiger partial charge is 0.254 e. The summed E-state index contributed by atoms with van der Waals surface area (Å²) < 4.78 is 5.30. The van der Waals surface area contributed by atoms with E-state index in [9.17, 15) is 4.79 Å². The number of carbonyl (C=O) groups is 1. The maximum Gasteiger partial charge on any atom is 0.254 e. The van der Waals surface area contributed by atoms with Gasteiger partial charge in [-0.25, -0.2) is 0 Å². The summed E-state index contributed by atoms with van der Waals surface area (Å²) in [5.41, 5.74) is 2.03. The van der Waals surface area contributed by atoms with E-state index in [0.717, 1.165) is 31.7 Å². The van der Waals surface area contributed by atoms with Crippen molar-refractivity contribution in [3.05, 3.63) is 65.7 Å². The quantitative estimate of drug-likeness (QED) is 0.922. The van der Waals surface area contributed by atoms with Gasteiger partial charge in [-0.3, -0.25) is 4.79 Å². The van der Waals surface area contributed by atoms with Gasteiger partial charge in [0, 0.05) is 30.1 Å². The Morgan fingerprint density at radius 3 is 2.77 bits per heavy atom. The number of likely N-dealkylation sites (tertiary alicyclic amines) is 1. The fourth-order valence-corrected chi connectivity index (χ4v) is 4.45. The summed E-state index contributed by atoms with van der Waals surface area (Å²) in [7, 11) is 1.64. The highest BCUT2D eigenvalue weighted by Gasteiger charge is 2.44. The van der Waals surface area contributed by atoms with Crippen molar-refractivity contribution in [1.29, 1.82) is 0 Å². The van der Waals surface area contributed by atoms with E-state index >= 15 is 0 Å². The van der Waals surface area contributed by atoms with Crippen molar-refractivity contribution in [1.82, 2.24) is 10.2 Å². The van der Waals surface area contributed by atoms with Crippen molar-refractivity contribution in [2.75, 3.05) is 20.2 Å². The Kier molecular flexibility index (Phi) is 4.93. The lowest BCUT2D eigenvalue weighted by Gasteiger charge is -2.27. The zero-order valence-corrected chi connectivity index (χ0v) is 15.2. The van der Waals surface area contributed by atoms with Crippen molar-refractivity contribution in [3.8, 4) is 5.75 Å². The molecule has 4 heteroatoms. The SMILES string of the molecule is COc1cccc(C(=O)N2C[C@@H](c3ccccc3)[C@@H]3NCCCC[C@@H]32)c1. The molecule has 2 aliphatic heterocycles. The van der Waals surface area contributed by atoms with E-state index in [1.165, 1.54) is 12.0 Å². The van der Waals surface area contributed by atoms with Crippen LogP contribution in [0.25, 0.3) is 0 Å². The monoisotopic (exact) mass is 350 g/mol. The first-order valence-electron chi connectivity index (χ1n) is 9.51. The van der Waals surface area contributed by atoms with E-state index in [2.05, 4.69) is 40.5 Å². The standard InChI is InChI=1S/C22H26N2O2/c1-26-18-11-7-10-17(14-18)22(25)24-15-19(16-8-3-2-4-9-16)21-20(24)12-5-6-13-23-21/h2-4,7-11,14,19-21,23H,5-6,12-13,15H2,1H3/t19-,20-,21-/m0/s1. The number of nitrogens with zero attached hydrogens (tertiary/aromatic N) is 1. The van der Waals surface area contributed by atoms with Crippen LogP contribution in [-0.4, -0.2) is 43.1 Å². The van der Waals surface area contributed by atoms with Gasteiger partial charge in [0.25, 0.3) is 5.91 Å². The summed E-state index contributed by atoms with van der Waals surface area (Å²) in [6, 6.07) is 18.7. The second-order valence-corrected chi connectivity index (χ2v) is 7.25. The summed E-state index contributed by atoms with van der Waals surface area (Å²) in [5.74, 6) is 1.18. The molecule has 2 aromatic rings. The molecule has 0 aliphatic carbocycles. The molecule has 2 fully saturated rings. The molecule has 2 heterocycles. The average Bonchev–Trinajstić information content (AvgIpc) is 2.89. The second kappa shape index (κ2) is 7.50. The summed E-state index contributed by atoms with van der Waals surface area (Å²) in [6.07, 6.45) is 3.41. The Morgan fingerprint density at radius 2 is 1.96 bits per heavy atom. The maximum absolute atomic E-state index is 13.3. The van der Waals surface area contributed by atoms with E-state index in [1.54, 1.807) is 7.11 Å². The van der Waals surface area contributed by atoms with Crippen LogP contribution >= 0.6 is 0 Å². The Morgan fingerprint density at radius 1 is 1.12 bits per heavy atom. The third-order valence-electron chi connectivity index (χ3n) is 5.75. The predicted molar refractivity (Wildman–Crippen MR) is 103 cm³/mol. The molecule has 3 atom stereocenters. The lowest BCUT2D eigenvalue weighted by molar-refractivity contribution is 0.0721. The average molecular weight is 350 g/mol. The van der Waals surface area contributed by atoms with Gasteiger partial charge in [-0.05, 0) is 43.1 Å². The van der Waals surface area contributed by atoms with Crippen LogP contribution in [0.3, 0.4) is 0 Å². The molecule has 0 saturated carbocycles. The number of benzene rings is 2. The van der Waals surface area contributed by atoms with E-state index in [1.807, 2.05) is 24.3 Å². The molecule has 1 N–H and O–H groups in total. The van der Waals surface area contributed by atoms with Gasteiger partial charge in [-0.2, -0.15) is 0 Å². The largest absolute Gasteiger partial charge is 0.497 e. The zero-order chi connectivity index (χ0) is 17.9. The lowest BCUT2D eigenvalue weighted by Crippen LogP contribution is -2.44. The molecular weight excluding hydrogens is 324 g/mol. The fourth-order valence-electron chi connectivity index (χ4n) is 4.45. The van der Waals surface area contributed by atoms with Crippen molar-refractivity contribution >= 4 is 5.91 Å². The molecule has 1 amide bonds. The van der Waals surface area contributed by atoms with Crippen molar-refractivity contribution in [3.63, 3.8) is 0 Å². The number of hydrogen-bond acceptors (Lipinski definition) is 3. The number of carbonyl (C=O) groups excluding carboxylic acids is 1. The highest BCUT2D eigenvalue weighted by atomic mass is 16.5. The van der Waals surface area contributed by atoms with Crippen LogP contribution in [0.5, 0.6) is 5.75 Å². The summed E-state index contributed by atoms with van der Waals surface area (Å²) in [4.78, 5) is 15.4. The first-order chi connectivity index (χ1) is 12.8. The molecule has 0 aromatic heterocycles. The first kappa shape index (κ1) is 17.1. The zero-order valence-electron chi connectivity index (χ0n) is 15.2. The topological polar surface area (TPSA) is 41.6 Å². The number of hydrogen-bond donors (Lipinski definition) is 1. The third-order valence-corrected chi connectivity index (χ3v) is 5.75. The molecule has 0 unspecified atom stereocenters. The number of amides is 1. The highest BCUT2D eigenvalue weighted by molar-refractivity contribution is 5.95. The fraction of sp³-hybridized carbons (Fsp3) is 0.409. The van der Waals surface area contributed by atoms with Gasteiger partial charge >= 0.3 is 0 Å². The molecule has 26 heavy (non-hydrogen) atoms. The first-order valence-corrected chi connectivity index (χ1v) is 9.51. The van der Waals surface area contributed by atoms with Crippen LogP contribution in [0.15, 0.2) is 54.6 Å². The van der Waals surface area contributed by atoms with Crippen molar-refractivity contribution in [2.24, 2.45) is 0 Å². The van der Waals surface area contributed by atoms with Crippen LogP contribution in [0.4, 0.5) is 0 Å². The minimum absolute atomic E-state index is 0.112. The molecule has 0 bridgehead atoms. The maximum atomic E-state index is 13.3. The molecule has 2 aliphatic rings. The molecule has 2 aromatic carbocycles. The highest BCUT2D eigenvalue weighted by Crippen LogP contribution is 2.36. The van der Waals surface area contributed by atoms with Crippen LogP contribution in [0.1, 0.15) is 41.1 Å². The molecule has 0 radical (unpaired) electrons. The summed E-state index contributed by atoms with van der Waals surface area (Å²) >= 11 is 0. The normalized spacial score (nSPS) is 25.4. The number of ether oxygens (including phenoxy) is 1. The molecule has 136 valence electrons. The molecule has 4 rings (SSSR count). The Balaban J connectivity index is 1.65. The van der Waals surface area contributed by atoms with Gasteiger partial charge in [0.15, 0.2) is 0 Å². The molecule has 2 saturated heterocycles. The van der Waals surface area contributed by atoms with Crippen LogP contribution < -0.4 is 10.1 Å². The van der Waals surface area contributed by atoms with Gasteiger partial charge in [0.1, 0.15) is 5.75 Å². The molecule has 4 nitrogen and oxygen atoms in total. The van der Waals surface area contributed by atoms with Gasteiger partial charge in [-0.1, -0.05) is 42.8 Å². The van der Waals surface area contributed by atoms with E-state index < -0.39 is 0 Å². The van der Waals surface area contributed by atoms with Crippen molar-refractivity contribution < 1.29 is 9.53 Å². The van der Waals surface area contributed by atoms with Crippen molar-refractivity contribution in [2.45, 2.75) is 37.3 Å². The van der Waals surface area contributed by atoms with E-state index in [0.29, 0.717) is 17.5 Å². The van der Waals surface area contributed by atoms with E-state index in [-0.39, 0.29) is 11.9 Å². The van der Waals surface area contributed by atoms with E-state index in [4.69, 9.17) is 4.74 Å². The predicted octanol–water partition coefficient (Wildman–Crippen LogP) is 3.45. The van der Waals surface area contributed by atoms with Gasteiger partial charge in [0.05, 0.1) is 7.11 Å². The number of fused-ring (bicyclic) bond motifs is 1. The number of rotatable bonds is 3. The Labute approximate surface area is 155 Å². The minimum atomic E-state index is 0.112. The number of methoxy groups -OCH3 is 1. The Hall–Kier alpha value is -2.33. The van der Waals surface area contributed by atoms with Gasteiger partial charge < -0.3 is 15.0 Å². The summed E-state index contributed by atoms with van der Waals surface area (Å²) in [5, 5.41) is 3.73. The van der Waals surface area contributed by atoms with Gasteiger partial charge in [0.2, 0.25) is 0 Å². The molecule has 0 spiro atoms. The van der Waals surface area contributed by atoms with Crippen LogP contribution in [-0.2, 0) is 0 Å². The summed E-state index contributed by atoms with van der Waals surface area (Å²) in [6.45, 7) is 1.80. The third kappa shape index (κ3) is 3.21. The minimum Gasteiger partial charge on any atom is -0.497 e. The van der Waals surface area contributed by atoms with Crippen LogP contribution in [0, 0.1) is 0 Å². The van der Waals surface area contributed by atoms with Gasteiger partial charge in [-0.15, -0.1) is 0 Å².